The van der Waals surface area contributed by atoms with E-state index >= 15 is 0 Å². The first-order chi connectivity index (χ1) is 12.5. The molecule has 0 radical (unpaired) electrons. The van der Waals surface area contributed by atoms with Gasteiger partial charge in [-0.25, -0.2) is 4.57 Å². The van der Waals surface area contributed by atoms with Crippen LogP contribution in [0, 0.1) is 24.7 Å². The van der Waals surface area contributed by atoms with Crippen LogP contribution in [0.15, 0.2) is 30.5 Å². The van der Waals surface area contributed by atoms with Gasteiger partial charge in [-0.3, -0.25) is 0 Å². The highest BCUT2D eigenvalue weighted by Crippen LogP contribution is 2.41. The highest BCUT2D eigenvalue weighted by atomic mass is 14.9. The molecule has 2 aliphatic rings. The molecule has 2 unspecified atom stereocenters. The van der Waals surface area contributed by atoms with E-state index in [4.69, 9.17) is 0 Å². The lowest BCUT2D eigenvalue weighted by molar-refractivity contribution is -0.660. The lowest BCUT2D eigenvalue weighted by atomic mass is 9.68. The van der Waals surface area contributed by atoms with E-state index < -0.39 is 0 Å². The molecule has 0 bridgehead atoms. The van der Waals surface area contributed by atoms with Gasteiger partial charge in [0.2, 0.25) is 5.69 Å². The molecule has 2 aromatic rings. The lowest BCUT2D eigenvalue weighted by Crippen LogP contribution is -2.32. The van der Waals surface area contributed by atoms with Crippen molar-refractivity contribution in [1.29, 1.82) is 0 Å². The summed E-state index contributed by atoms with van der Waals surface area (Å²) in [6.07, 6.45) is 11.9. The van der Waals surface area contributed by atoms with Crippen LogP contribution in [0.25, 0.3) is 11.3 Å². The quantitative estimate of drug-likeness (QED) is 0.637. The van der Waals surface area contributed by atoms with Crippen LogP contribution in [-0.2, 0) is 26.3 Å². The summed E-state index contributed by atoms with van der Waals surface area (Å²) in [4.78, 5) is 0. The van der Waals surface area contributed by atoms with Crippen LogP contribution in [0.3, 0.4) is 0 Å². The number of aromatic nitrogens is 1. The minimum Gasteiger partial charge on any atom is -0.201 e. The van der Waals surface area contributed by atoms with Gasteiger partial charge in [-0.15, -0.1) is 0 Å². The van der Waals surface area contributed by atoms with E-state index in [1.807, 2.05) is 0 Å². The lowest BCUT2D eigenvalue weighted by Gasteiger charge is -2.37. The SMILES string of the molecule is Cc1cc2c(cc1-c1ccc(CC(C)C)c[n+]1C)CC1CCCCC1C2. The van der Waals surface area contributed by atoms with Crippen molar-refractivity contribution in [2.45, 2.75) is 65.7 Å². The molecule has 4 rings (SSSR count). The maximum Gasteiger partial charge on any atom is 0.212 e. The first-order valence-electron chi connectivity index (χ1n) is 10.6. The zero-order valence-corrected chi connectivity index (χ0v) is 17.0. The zero-order chi connectivity index (χ0) is 18.3. The predicted molar refractivity (Wildman–Crippen MR) is 109 cm³/mol. The molecule has 1 aromatic heterocycles. The molecule has 1 fully saturated rings. The van der Waals surface area contributed by atoms with Crippen LogP contribution >= 0.6 is 0 Å². The Morgan fingerprint density at radius 2 is 1.65 bits per heavy atom. The van der Waals surface area contributed by atoms with Gasteiger partial charge in [0, 0.05) is 17.2 Å². The highest BCUT2D eigenvalue weighted by molar-refractivity contribution is 5.63. The summed E-state index contributed by atoms with van der Waals surface area (Å²) in [5.74, 6) is 2.59. The second kappa shape index (κ2) is 7.18. The summed E-state index contributed by atoms with van der Waals surface area (Å²) in [6, 6.07) is 9.68. The number of rotatable bonds is 3. The van der Waals surface area contributed by atoms with Crippen LogP contribution in [0.5, 0.6) is 0 Å². The topological polar surface area (TPSA) is 3.88 Å². The monoisotopic (exact) mass is 348 g/mol. The van der Waals surface area contributed by atoms with Crippen LogP contribution < -0.4 is 4.57 Å². The molecular formula is C25H34N+. The van der Waals surface area contributed by atoms with E-state index in [9.17, 15) is 0 Å². The molecule has 2 aliphatic carbocycles. The summed E-state index contributed by atoms with van der Waals surface area (Å²) < 4.78 is 2.33. The van der Waals surface area contributed by atoms with Crippen molar-refractivity contribution in [3.8, 4) is 11.3 Å². The minimum atomic E-state index is 0.703. The van der Waals surface area contributed by atoms with Crippen molar-refractivity contribution in [3.05, 3.63) is 52.7 Å². The van der Waals surface area contributed by atoms with Gasteiger partial charge < -0.3 is 0 Å². The summed E-state index contributed by atoms with van der Waals surface area (Å²) in [5, 5.41) is 0. The first kappa shape index (κ1) is 17.8. The molecule has 1 heterocycles. The van der Waals surface area contributed by atoms with Gasteiger partial charge in [-0.1, -0.05) is 32.8 Å². The molecule has 26 heavy (non-hydrogen) atoms. The molecule has 0 spiro atoms. The fourth-order valence-electron chi connectivity index (χ4n) is 5.39. The Bertz CT molecular complexity index is 802. The number of fused-ring (bicyclic) bond motifs is 2. The second-order valence-electron chi connectivity index (χ2n) is 9.28. The van der Waals surface area contributed by atoms with Crippen molar-refractivity contribution in [3.63, 3.8) is 0 Å². The van der Waals surface area contributed by atoms with Gasteiger partial charge in [0.1, 0.15) is 7.05 Å². The smallest absolute Gasteiger partial charge is 0.201 e. The van der Waals surface area contributed by atoms with E-state index in [0.29, 0.717) is 5.92 Å². The third-order valence-electron chi connectivity index (χ3n) is 6.69. The Labute approximate surface area is 159 Å². The predicted octanol–water partition coefficient (Wildman–Crippen LogP) is 5.59. The van der Waals surface area contributed by atoms with E-state index in [2.05, 4.69) is 62.8 Å². The van der Waals surface area contributed by atoms with Gasteiger partial charge in [0.25, 0.3) is 0 Å². The standard InChI is InChI=1S/C25H34N/c1-17(2)11-19-9-10-25(26(4)16-19)24-15-23-14-21-8-6-5-7-20(21)13-22(23)12-18(24)3/h9-10,12,15-17,20-21H,5-8,11,13-14H2,1-4H3/q+1. The summed E-state index contributed by atoms with van der Waals surface area (Å²) in [7, 11) is 2.20. The Balaban J connectivity index is 1.68. The summed E-state index contributed by atoms with van der Waals surface area (Å²) >= 11 is 0. The van der Waals surface area contributed by atoms with Crippen LogP contribution in [0.1, 0.15) is 61.8 Å². The summed E-state index contributed by atoms with van der Waals surface area (Å²) in [6.45, 7) is 6.88. The Hall–Kier alpha value is -1.63. The maximum atomic E-state index is 2.52. The fourth-order valence-corrected chi connectivity index (χ4v) is 5.39. The molecule has 0 saturated heterocycles. The largest absolute Gasteiger partial charge is 0.212 e. The van der Waals surface area contributed by atoms with E-state index in [-0.39, 0.29) is 0 Å². The molecule has 0 N–H and O–H groups in total. The molecule has 138 valence electrons. The number of hydrogen-bond acceptors (Lipinski definition) is 0. The molecule has 1 heteroatoms. The van der Waals surface area contributed by atoms with Gasteiger partial charge in [-0.05, 0) is 85.6 Å². The number of nitrogens with zero attached hydrogens (tertiary/aromatic N) is 1. The third kappa shape index (κ3) is 3.46. The number of aryl methyl sites for hydroxylation is 2. The average Bonchev–Trinajstić information content (AvgIpc) is 2.59. The molecule has 1 saturated carbocycles. The van der Waals surface area contributed by atoms with Crippen LogP contribution in [0.2, 0.25) is 0 Å². The Morgan fingerprint density at radius 3 is 2.27 bits per heavy atom. The maximum absolute atomic E-state index is 2.52. The molecule has 1 aromatic carbocycles. The van der Waals surface area contributed by atoms with E-state index in [0.717, 1.165) is 18.3 Å². The summed E-state index contributed by atoms with van der Waals surface area (Å²) in [5.41, 5.74) is 8.91. The van der Waals surface area contributed by atoms with Crippen molar-refractivity contribution >= 4 is 0 Å². The van der Waals surface area contributed by atoms with Crippen molar-refractivity contribution in [2.24, 2.45) is 24.8 Å². The molecule has 0 amide bonds. The number of hydrogen-bond donors (Lipinski definition) is 0. The molecule has 0 aliphatic heterocycles. The van der Waals surface area contributed by atoms with Crippen LogP contribution in [-0.4, -0.2) is 0 Å². The van der Waals surface area contributed by atoms with Crippen molar-refractivity contribution < 1.29 is 4.57 Å². The van der Waals surface area contributed by atoms with E-state index in [1.54, 1.807) is 11.1 Å². The first-order valence-corrected chi connectivity index (χ1v) is 10.6. The second-order valence-corrected chi connectivity index (χ2v) is 9.28. The fraction of sp³-hybridized carbons (Fsp3) is 0.560. The normalized spacial score (nSPS) is 22.2. The zero-order valence-electron chi connectivity index (χ0n) is 17.0. The minimum absolute atomic E-state index is 0.703. The van der Waals surface area contributed by atoms with Crippen LogP contribution in [0.4, 0.5) is 0 Å². The molecule has 1 nitrogen and oxygen atoms in total. The van der Waals surface area contributed by atoms with Gasteiger partial charge in [0.05, 0.1) is 0 Å². The highest BCUT2D eigenvalue weighted by Gasteiger charge is 2.31. The van der Waals surface area contributed by atoms with E-state index in [1.165, 1.54) is 60.9 Å². The number of pyridine rings is 1. The Morgan fingerprint density at radius 1 is 1.00 bits per heavy atom. The molecular weight excluding hydrogens is 314 g/mol. The van der Waals surface area contributed by atoms with Crippen molar-refractivity contribution in [1.82, 2.24) is 0 Å². The van der Waals surface area contributed by atoms with Crippen molar-refractivity contribution in [2.75, 3.05) is 0 Å². The van der Waals surface area contributed by atoms with Gasteiger partial charge in [-0.2, -0.15) is 0 Å². The van der Waals surface area contributed by atoms with Gasteiger partial charge in [0.15, 0.2) is 6.20 Å². The Kier molecular flexibility index (Phi) is 4.90. The third-order valence-corrected chi connectivity index (χ3v) is 6.69. The number of benzene rings is 1. The average molecular weight is 349 g/mol. The van der Waals surface area contributed by atoms with Gasteiger partial charge >= 0.3 is 0 Å². The molecule has 2 atom stereocenters.